The van der Waals surface area contributed by atoms with Gasteiger partial charge >= 0.3 is 0 Å². The van der Waals surface area contributed by atoms with Gasteiger partial charge in [-0.15, -0.1) is 11.3 Å². The number of hydrogen-bond acceptors (Lipinski definition) is 7. The van der Waals surface area contributed by atoms with E-state index in [-0.39, 0.29) is 30.0 Å². The molecule has 2 aliphatic heterocycles. The maximum absolute atomic E-state index is 15.2. The minimum absolute atomic E-state index is 0.131. The number of carbonyl (C=O) groups is 1. The van der Waals surface area contributed by atoms with Crippen molar-refractivity contribution in [3.05, 3.63) is 51.8 Å². The Labute approximate surface area is 201 Å². The maximum atomic E-state index is 15.2. The van der Waals surface area contributed by atoms with Gasteiger partial charge in [0.15, 0.2) is 0 Å². The fourth-order valence-electron chi connectivity index (χ4n) is 5.39. The monoisotopic (exact) mass is 481 g/mol. The number of aryl methyl sites for hydroxylation is 2. The SMILES string of the molecule is Cc1ccc2c(N)c(C(=O)NC3CCc4cc(N5CC6CNCC(C5)O6)cc(F)c4C3)sc2n1. The second-order valence-electron chi connectivity index (χ2n) is 9.57. The number of nitrogens with two attached hydrogens (primary N) is 1. The Morgan fingerprint density at radius 3 is 2.88 bits per heavy atom. The summed E-state index contributed by atoms with van der Waals surface area (Å²) in [6, 6.07) is 7.44. The number of carbonyl (C=O) groups excluding carboxylic acids is 1. The summed E-state index contributed by atoms with van der Waals surface area (Å²) < 4.78 is 21.2. The summed E-state index contributed by atoms with van der Waals surface area (Å²) in [5.74, 6) is -0.403. The van der Waals surface area contributed by atoms with Gasteiger partial charge in [-0.2, -0.15) is 0 Å². The molecule has 4 N–H and O–H groups in total. The molecule has 6 rings (SSSR count). The van der Waals surface area contributed by atoms with Gasteiger partial charge in [0.25, 0.3) is 5.91 Å². The number of nitrogens with zero attached hydrogens (tertiary/aromatic N) is 2. The number of nitrogens with one attached hydrogen (secondary N) is 2. The number of amides is 1. The van der Waals surface area contributed by atoms with Crippen LogP contribution in [-0.4, -0.2) is 55.3 Å². The molecule has 1 amide bonds. The topological polar surface area (TPSA) is 92.5 Å². The van der Waals surface area contributed by atoms with Crippen LogP contribution in [0.3, 0.4) is 0 Å². The number of halogens is 1. The lowest BCUT2D eigenvalue weighted by atomic mass is 9.87. The standard InChI is InChI=1S/C25H28FN5O2S/c1-13-2-5-19-22(27)23(34-25(19)29-13)24(32)30-15-4-3-14-6-16(8-21(26)20(14)7-15)31-11-17-9-28-10-18(12-31)33-17/h2,5-6,8,15,17-18,28H,3-4,7,9-12,27H2,1H3,(H,30,32). The quantitative estimate of drug-likeness (QED) is 0.533. The number of morpholine rings is 2. The minimum Gasteiger partial charge on any atom is -0.397 e. The molecule has 9 heteroatoms. The fourth-order valence-corrected chi connectivity index (χ4v) is 6.43. The normalized spacial score (nSPS) is 24.2. The van der Waals surface area contributed by atoms with Crippen LogP contribution >= 0.6 is 11.3 Å². The van der Waals surface area contributed by atoms with E-state index in [1.165, 1.54) is 11.3 Å². The summed E-state index contributed by atoms with van der Waals surface area (Å²) in [6.45, 7) is 5.12. The van der Waals surface area contributed by atoms with Gasteiger partial charge in [-0.1, -0.05) is 0 Å². The first-order valence-corrected chi connectivity index (χ1v) is 12.6. The number of fused-ring (bicyclic) bond motifs is 4. The Hall–Kier alpha value is -2.75. The Morgan fingerprint density at radius 1 is 1.29 bits per heavy atom. The van der Waals surface area contributed by atoms with Crippen LogP contribution in [0.1, 0.15) is 32.9 Å². The fraction of sp³-hybridized carbons (Fsp3) is 0.440. The van der Waals surface area contributed by atoms with Crippen molar-refractivity contribution in [2.75, 3.05) is 36.8 Å². The molecule has 178 valence electrons. The smallest absolute Gasteiger partial charge is 0.263 e. The lowest BCUT2D eigenvalue weighted by Crippen LogP contribution is -2.58. The van der Waals surface area contributed by atoms with Gasteiger partial charge in [-0.05, 0) is 61.6 Å². The molecule has 2 saturated heterocycles. The van der Waals surface area contributed by atoms with E-state index in [0.717, 1.165) is 66.2 Å². The van der Waals surface area contributed by atoms with E-state index < -0.39 is 0 Å². The Kier molecular flexibility index (Phi) is 5.43. The molecule has 1 aromatic carbocycles. The Balaban J connectivity index is 1.18. The van der Waals surface area contributed by atoms with Crippen LogP contribution in [0.25, 0.3) is 10.2 Å². The number of rotatable bonds is 3. The van der Waals surface area contributed by atoms with Gasteiger partial charge in [0, 0.05) is 49.0 Å². The summed E-state index contributed by atoms with van der Waals surface area (Å²) in [6.07, 6.45) is 2.26. The van der Waals surface area contributed by atoms with Crippen molar-refractivity contribution in [3.8, 4) is 0 Å². The summed E-state index contributed by atoms with van der Waals surface area (Å²) in [5.41, 5.74) is 10.3. The molecule has 3 unspecified atom stereocenters. The summed E-state index contributed by atoms with van der Waals surface area (Å²) in [7, 11) is 0. The average molecular weight is 482 g/mol. The minimum atomic E-state index is -0.211. The maximum Gasteiger partial charge on any atom is 0.263 e. The molecule has 3 atom stereocenters. The van der Waals surface area contributed by atoms with E-state index in [1.807, 2.05) is 19.1 Å². The van der Waals surface area contributed by atoms with E-state index in [2.05, 4.69) is 26.6 Å². The predicted molar refractivity (Wildman–Crippen MR) is 132 cm³/mol. The van der Waals surface area contributed by atoms with Crippen LogP contribution < -0.4 is 21.3 Å². The molecule has 0 spiro atoms. The van der Waals surface area contributed by atoms with Crippen LogP contribution in [0.4, 0.5) is 15.8 Å². The van der Waals surface area contributed by atoms with Crippen LogP contribution in [0.2, 0.25) is 0 Å². The lowest BCUT2D eigenvalue weighted by Gasteiger charge is -2.43. The number of thiophene rings is 1. The van der Waals surface area contributed by atoms with Gasteiger partial charge in [0.05, 0.1) is 17.9 Å². The number of benzene rings is 1. The van der Waals surface area contributed by atoms with Gasteiger partial charge in [0.1, 0.15) is 15.5 Å². The van der Waals surface area contributed by atoms with E-state index >= 15 is 4.39 Å². The Bertz CT molecular complexity index is 1270. The second kappa shape index (κ2) is 8.48. The van der Waals surface area contributed by atoms with Crippen LogP contribution in [0, 0.1) is 12.7 Å². The molecular formula is C25H28FN5O2S. The number of ether oxygens (including phenoxy) is 1. The number of pyridine rings is 1. The molecule has 2 bridgehead atoms. The molecule has 2 fully saturated rings. The highest BCUT2D eigenvalue weighted by Gasteiger charge is 2.32. The molecule has 3 aromatic rings. The number of hydrogen-bond donors (Lipinski definition) is 3. The van der Waals surface area contributed by atoms with Crippen LogP contribution in [0.15, 0.2) is 24.3 Å². The van der Waals surface area contributed by atoms with E-state index in [9.17, 15) is 4.79 Å². The predicted octanol–water partition coefficient (Wildman–Crippen LogP) is 2.79. The molecular weight excluding hydrogens is 453 g/mol. The van der Waals surface area contributed by atoms with Crippen LogP contribution in [0.5, 0.6) is 0 Å². The molecule has 3 aliphatic rings. The number of aromatic nitrogens is 1. The van der Waals surface area contributed by atoms with Crippen molar-refractivity contribution in [3.63, 3.8) is 0 Å². The lowest BCUT2D eigenvalue weighted by molar-refractivity contribution is -0.0484. The Morgan fingerprint density at radius 2 is 2.09 bits per heavy atom. The molecule has 34 heavy (non-hydrogen) atoms. The largest absolute Gasteiger partial charge is 0.397 e. The van der Waals surface area contributed by atoms with Crippen LogP contribution in [-0.2, 0) is 17.6 Å². The van der Waals surface area contributed by atoms with E-state index in [4.69, 9.17) is 10.5 Å². The molecule has 0 saturated carbocycles. The average Bonchev–Trinajstić information content (AvgIpc) is 3.14. The third-order valence-electron chi connectivity index (χ3n) is 7.10. The van der Waals surface area contributed by atoms with Crippen molar-refractivity contribution in [1.29, 1.82) is 0 Å². The molecule has 1 aliphatic carbocycles. The molecule has 4 heterocycles. The highest BCUT2D eigenvalue weighted by atomic mass is 32.1. The molecule has 7 nitrogen and oxygen atoms in total. The van der Waals surface area contributed by atoms with Gasteiger partial charge < -0.3 is 26.0 Å². The number of anilines is 2. The van der Waals surface area contributed by atoms with Crippen molar-refractivity contribution in [2.24, 2.45) is 0 Å². The number of nitrogen functional groups attached to an aromatic ring is 1. The van der Waals surface area contributed by atoms with E-state index in [1.54, 1.807) is 6.07 Å². The van der Waals surface area contributed by atoms with Gasteiger partial charge in [0.2, 0.25) is 0 Å². The highest BCUT2D eigenvalue weighted by Crippen LogP contribution is 2.34. The van der Waals surface area contributed by atoms with E-state index in [0.29, 0.717) is 22.5 Å². The zero-order valence-electron chi connectivity index (χ0n) is 19.1. The van der Waals surface area contributed by atoms with Gasteiger partial charge in [-0.3, -0.25) is 4.79 Å². The van der Waals surface area contributed by atoms with Crippen molar-refractivity contribution < 1.29 is 13.9 Å². The molecule has 0 radical (unpaired) electrons. The molecule has 2 aromatic heterocycles. The highest BCUT2D eigenvalue weighted by molar-refractivity contribution is 7.21. The first kappa shape index (κ1) is 21.8. The van der Waals surface area contributed by atoms with Crippen molar-refractivity contribution in [1.82, 2.24) is 15.6 Å². The van der Waals surface area contributed by atoms with Crippen molar-refractivity contribution >= 4 is 38.8 Å². The van der Waals surface area contributed by atoms with Gasteiger partial charge in [-0.25, -0.2) is 9.37 Å². The zero-order chi connectivity index (χ0) is 23.4. The first-order valence-electron chi connectivity index (χ1n) is 11.8. The third kappa shape index (κ3) is 3.91. The third-order valence-corrected chi connectivity index (χ3v) is 8.22. The summed E-state index contributed by atoms with van der Waals surface area (Å²) in [5, 5.41) is 7.28. The first-order chi connectivity index (χ1) is 16.4. The van der Waals surface area contributed by atoms with Crippen molar-refractivity contribution in [2.45, 2.75) is 44.4 Å². The zero-order valence-corrected chi connectivity index (χ0v) is 19.9. The second-order valence-corrected chi connectivity index (χ2v) is 10.6. The summed E-state index contributed by atoms with van der Waals surface area (Å²) in [4.78, 5) is 21.0. The summed E-state index contributed by atoms with van der Waals surface area (Å²) >= 11 is 1.31.